The Morgan fingerprint density at radius 2 is 2.16 bits per heavy atom. The molecule has 1 aliphatic heterocycles. The van der Waals surface area contributed by atoms with E-state index in [4.69, 9.17) is 4.74 Å². The molecule has 1 aliphatic rings. The number of morpholine rings is 1. The molecular formula is C17H18N2O4S2. The van der Waals surface area contributed by atoms with Gasteiger partial charge in [-0.25, -0.2) is 9.78 Å². The summed E-state index contributed by atoms with van der Waals surface area (Å²) in [5, 5.41) is 12.3. The minimum atomic E-state index is -1.04. The largest absolute Gasteiger partial charge is 0.480 e. The van der Waals surface area contributed by atoms with E-state index in [1.54, 1.807) is 35.2 Å². The predicted molar refractivity (Wildman–Crippen MR) is 96.1 cm³/mol. The topological polar surface area (TPSA) is 79.7 Å². The number of aryl methyl sites for hydroxylation is 1. The van der Waals surface area contributed by atoms with E-state index in [9.17, 15) is 14.7 Å². The second kappa shape index (κ2) is 7.99. The Bertz CT molecular complexity index is 760. The number of carboxylic acids is 1. The number of aromatic nitrogens is 1. The molecule has 6 nitrogen and oxygen atoms in total. The Morgan fingerprint density at radius 3 is 2.80 bits per heavy atom. The number of carbonyl (C=O) groups is 2. The lowest BCUT2D eigenvalue weighted by atomic mass is 10.1. The minimum absolute atomic E-state index is 0.0298. The van der Waals surface area contributed by atoms with Gasteiger partial charge in [-0.3, -0.25) is 4.79 Å². The Balaban J connectivity index is 1.64. The highest BCUT2D eigenvalue weighted by molar-refractivity contribution is 7.98. The zero-order chi connectivity index (χ0) is 17.8. The number of benzene rings is 1. The van der Waals surface area contributed by atoms with Crippen molar-refractivity contribution in [3.63, 3.8) is 0 Å². The van der Waals surface area contributed by atoms with Crippen LogP contribution in [0.1, 0.15) is 21.1 Å². The number of aliphatic carboxylic acids is 1. The van der Waals surface area contributed by atoms with Crippen LogP contribution in [-0.2, 0) is 15.3 Å². The number of carbonyl (C=O) groups excluding carboxylic acids is 1. The van der Waals surface area contributed by atoms with Crippen molar-refractivity contribution in [3.05, 3.63) is 45.9 Å². The van der Waals surface area contributed by atoms with Crippen molar-refractivity contribution in [1.29, 1.82) is 0 Å². The maximum absolute atomic E-state index is 12.6. The molecule has 1 fully saturated rings. The number of thioether (sulfide) groups is 1. The Morgan fingerprint density at radius 1 is 1.40 bits per heavy atom. The summed E-state index contributed by atoms with van der Waals surface area (Å²) < 4.78 is 5.17. The second-order valence-electron chi connectivity index (χ2n) is 5.60. The molecule has 0 aliphatic carbocycles. The molecule has 132 valence electrons. The molecule has 8 heteroatoms. The van der Waals surface area contributed by atoms with Gasteiger partial charge in [0.2, 0.25) is 0 Å². The van der Waals surface area contributed by atoms with Gasteiger partial charge in [-0.1, -0.05) is 0 Å². The van der Waals surface area contributed by atoms with Gasteiger partial charge in [0.15, 0.2) is 6.04 Å². The van der Waals surface area contributed by atoms with Gasteiger partial charge in [-0.2, -0.15) is 0 Å². The Kier molecular flexibility index (Phi) is 5.72. The molecule has 2 heterocycles. The van der Waals surface area contributed by atoms with E-state index in [1.165, 1.54) is 4.90 Å². The van der Waals surface area contributed by atoms with E-state index in [-0.39, 0.29) is 19.1 Å². The number of hydrogen-bond donors (Lipinski definition) is 1. The summed E-state index contributed by atoms with van der Waals surface area (Å²) in [4.78, 5) is 30.7. The van der Waals surface area contributed by atoms with E-state index in [0.29, 0.717) is 12.2 Å². The first-order valence-corrected chi connectivity index (χ1v) is 9.66. The number of rotatable bonds is 5. The van der Waals surface area contributed by atoms with Gasteiger partial charge < -0.3 is 14.7 Å². The summed E-state index contributed by atoms with van der Waals surface area (Å²) in [6.45, 7) is 2.66. The molecular weight excluding hydrogens is 360 g/mol. The summed E-state index contributed by atoms with van der Waals surface area (Å²) in [6.07, 6.45) is 0. The fourth-order valence-corrected chi connectivity index (χ4v) is 4.05. The number of nitrogens with zero attached hydrogens (tertiary/aromatic N) is 2. The Hall–Kier alpha value is -1.90. The fraction of sp³-hybridized carbons (Fsp3) is 0.353. The van der Waals surface area contributed by atoms with Crippen molar-refractivity contribution in [2.75, 3.05) is 19.8 Å². The average Bonchev–Trinajstić information content (AvgIpc) is 3.05. The van der Waals surface area contributed by atoms with Crippen LogP contribution in [0, 0.1) is 6.92 Å². The molecule has 1 N–H and O–H groups in total. The van der Waals surface area contributed by atoms with Gasteiger partial charge >= 0.3 is 5.97 Å². The van der Waals surface area contributed by atoms with Crippen LogP contribution in [0.25, 0.3) is 0 Å². The second-order valence-corrected chi connectivity index (χ2v) is 7.71. The lowest BCUT2D eigenvalue weighted by Gasteiger charge is -2.32. The first-order valence-electron chi connectivity index (χ1n) is 7.80. The molecule has 2 aromatic rings. The molecule has 1 saturated heterocycles. The van der Waals surface area contributed by atoms with E-state index in [2.05, 4.69) is 4.98 Å². The molecule has 1 aromatic carbocycles. The van der Waals surface area contributed by atoms with Crippen LogP contribution >= 0.6 is 23.1 Å². The monoisotopic (exact) mass is 378 g/mol. The van der Waals surface area contributed by atoms with Crippen molar-refractivity contribution in [2.45, 2.75) is 23.6 Å². The summed E-state index contributed by atoms with van der Waals surface area (Å²) in [5.41, 5.74) is 1.53. The summed E-state index contributed by atoms with van der Waals surface area (Å²) in [7, 11) is 0. The van der Waals surface area contributed by atoms with E-state index in [1.807, 2.05) is 24.4 Å². The normalized spacial score (nSPS) is 17.5. The lowest BCUT2D eigenvalue weighted by molar-refractivity contribution is -0.147. The molecule has 1 unspecified atom stereocenters. The molecule has 0 radical (unpaired) electrons. The first kappa shape index (κ1) is 17.9. The standard InChI is InChI=1S/C17H18N2O4S2/c1-11-18-13(9-24-11)10-25-14-4-2-12(3-5-14)16(20)19-6-7-23-8-15(19)17(21)22/h2-5,9,15H,6-8,10H2,1H3,(H,21,22). The summed E-state index contributed by atoms with van der Waals surface area (Å²) in [6, 6.07) is 6.32. The quantitative estimate of drug-likeness (QED) is 0.806. The van der Waals surface area contributed by atoms with Gasteiger partial charge in [-0.15, -0.1) is 23.1 Å². The molecule has 0 saturated carbocycles. The highest BCUT2D eigenvalue weighted by Gasteiger charge is 2.33. The van der Waals surface area contributed by atoms with Crippen LogP contribution in [0.4, 0.5) is 0 Å². The van der Waals surface area contributed by atoms with Gasteiger partial charge in [0.1, 0.15) is 0 Å². The third-order valence-electron chi connectivity index (χ3n) is 3.83. The van der Waals surface area contributed by atoms with Crippen LogP contribution in [0.3, 0.4) is 0 Å². The molecule has 0 bridgehead atoms. The van der Waals surface area contributed by atoms with Crippen LogP contribution in [-0.4, -0.2) is 52.7 Å². The SMILES string of the molecule is Cc1nc(CSc2ccc(C(=O)N3CCOCC3C(=O)O)cc2)cs1. The molecule has 0 spiro atoms. The maximum atomic E-state index is 12.6. The molecule has 1 aromatic heterocycles. The Labute approximate surface area is 153 Å². The number of carboxylic acid groups (broad SMARTS) is 1. The van der Waals surface area contributed by atoms with Crippen LogP contribution in [0.5, 0.6) is 0 Å². The first-order chi connectivity index (χ1) is 12.0. The third kappa shape index (κ3) is 4.39. The summed E-state index contributed by atoms with van der Waals surface area (Å²) >= 11 is 3.28. The zero-order valence-corrected chi connectivity index (χ0v) is 15.3. The van der Waals surface area contributed by atoms with E-state index in [0.717, 1.165) is 21.3 Å². The maximum Gasteiger partial charge on any atom is 0.328 e. The van der Waals surface area contributed by atoms with Crippen molar-refractivity contribution in [1.82, 2.24) is 9.88 Å². The van der Waals surface area contributed by atoms with Gasteiger partial charge in [0.25, 0.3) is 5.91 Å². The number of hydrogen-bond acceptors (Lipinski definition) is 6. The van der Waals surface area contributed by atoms with Gasteiger partial charge in [0, 0.05) is 28.1 Å². The van der Waals surface area contributed by atoms with Crippen molar-refractivity contribution < 1.29 is 19.4 Å². The molecule has 1 atom stereocenters. The van der Waals surface area contributed by atoms with Crippen LogP contribution in [0.15, 0.2) is 34.5 Å². The summed E-state index contributed by atoms with van der Waals surface area (Å²) in [5.74, 6) is -0.538. The highest BCUT2D eigenvalue weighted by atomic mass is 32.2. The average molecular weight is 378 g/mol. The number of amides is 1. The smallest absolute Gasteiger partial charge is 0.328 e. The molecule has 3 rings (SSSR count). The predicted octanol–water partition coefficient (Wildman–Crippen LogP) is 2.67. The minimum Gasteiger partial charge on any atom is -0.480 e. The fourth-order valence-electron chi connectivity index (χ4n) is 2.54. The third-order valence-corrected chi connectivity index (χ3v) is 5.70. The van der Waals surface area contributed by atoms with Gasteiger partial charge in [0.05, 0.1) is 23.9 Å². The molecule has 25 heavy (non-hydrogen) atoms. The van der Waals surface area contributed by atoms with Crippen molar-refractivity contribution in [3.8, 4) is 0 Å². The zero-order valence-electron chi connectivity index (χ0n) is 13.7. The molecule has 1 amide bonds. The highest BCUT2D eigenvalue weighted by Crippen LogP contribution is 2.24. The van der Waals surface area contributed by atoms with Crippen molar-refractivity contribution in [2.24, 2.45) is 0 Å². The van der Waals surface area contributed by atoms with E-state index < -0.39 is 12.0 Å². The lowest BCUT2D eigenvalue weighted by Crippen LogP contribution is -2.52. The van der Waals surface area contributed by atoms with E-state index >= 15 is 0 Å². The van der Waals surface area contributed by atoms with Gasteiger partial charge in [-0.05, 0) is 31.2 Å². The van der Waals surface area contributed by atoms with Crippen LogP contribution in [0.2, 0.25) is 0 Å². The van der Waals surface area contributed by atoms with Crippen molar-refractivity contribution >= 4 is 35.0 Å². The number of ether oxygens (including phenoxy) is 1. The van der Waals surface area contributed by atoms with Crippen LogP contribution < -0.4 is 0 Å². The number of thiazole rings is 1.